The molecule has 0 aromatic carbocycles. The first-order valence-electron chi connectivity index (χ1n) is 41.8. The summed E-state index contributed by atoms with van der Waals surface area (Å²) in [5.74, 6) is -0.803. The minimum atomic E-state index is -4.40. The van der Waals surface area contributed by atoms with Gasteiger partial charge in [-0.2, -0.15) is 0 Å². The Labute approximate surface area is 590 Å². The smallest absolute Gasteiger partial charge is 0.462 e. The van der Waals surface area contributed by atoms with Crippen LogP contribution in [0.4, 0.5) is 0 Å². The van der Waals surface area contributed by atoms with Gasteiger partial charge in [-0.05, 0) is 77.0 Å². The van der Waals surface area contributed by atoms with E-state index in [-0.39, 0.29) is 38.6 Å². The van der Waals surface area contributed by atoms with Crippen molar-refractivity contribution in [3.05, 3.63) is 60.8 Å². The van der Waals surface area contributed by atoms with Crippen LogP contribution < -0.4 is 5.73 Å². The van der Waals surface area contributed by atoms with Crippen LogP contribution in [0.3, 0.4) is 0 Å². The molecule has 0 aromatic rings. The van der Waals surface area contributed by atoms with Crippen LogP contribution in [0.5, 0.6) is 0 Å². The number of esters is 2. The molecule has 558 valence electrons. The highest BCUT2D eigenvalue weighted by atomic mass is 31.2. The highest BCUT2D eigenvalue weighted by Crippen LogP contribution is 2.43. The van der Waals surface area contributed by atoms with E-state index in [0.29, 0.717) is 6.42 Å². The number of phosphoric ester groups is 1. The first-order valence-corrected chi connectivity index (χ1v) is 43.3. The molecule has 9 nitrogen and oxygen atoms in total. The maximum atomic E-state index is 12.8. The molecule has 0 saturated carbocycles. The number of allylic oxidation sites excluding steroid dienone is 10. The fourth-order valence-electron chi connectivity index (χ4n) is 12.7. The first-order chi connectivity index (χ1) is 46.8. The van der Waals surface area contributed by atoms with Crippen molar-refractivity contribution >= 4 is 19.8 Å². The van der Waals surface area contributed by atoms with Crippen molar-refractivity contribution in [2.75, 3.05) is 26.4 Å². The van der Waals surface area contributed by atoms with Crippen LogP contribution in [-0.2, 0) is 32.7 Å². The molecule has 0 spiro atoms. The van der Waals surface area contributed by atoms with E-state index in [1.807, 2.05) is 0 Å². The second-order valence-corrected chi connectivity index (χ2v) is 29.8. The SMILES string of the molecule is CC/C=C\C/C=C\C/C=C\C/C=C\CCCCCCCCCCCCCCCCCCCCCCC(=O)OC(COC(=O)CCCCCCCCCCCCCCCCCCCCCCCCCCCCCCC/C=C\CCCCCCCCCC)COP(=O)(O)OCCN. The standard InChI is InChI=1S/C85H160NO8P/c1-3-5-7-9-11-13-15-17-19-21-23-25-27-29-31-33-35-37-38-39-40-41-42-43-44-46-47-49-51-53-55-57-59-61-63-65-67-69-71-73-75-77-84(87)91-81-83(82-93-95(89,90)92-80-79-86)94-85(88)78-76-74-72-70-68-66-64-62-60-58-56-54-52-50-48-45-36-34-32-30-28-26-24-22-20-18-16-14-12-10-8-6-4-2/h6,8,12,14,18,20-21,23-24,26,83H,3-5,7,9-11,13,15-17,19,22,25,27-82,86H2,1-2H3,(H,89,90)/b8-6-,14-12-,20-18-,23-21-,26-24-. The third kappa shape index (κ3) is 80.6. The summed E-state index contributed by atoms with van der Waals surface area (Å²) in [4.78, 5) is 35.5. The summed E-state index contributed by atoms with van der Waals surface area (Å²) >= 11 is 0. The molecular weight excluding hydrogens is 1190 g/mol. The van der Waals surface area contributed by atoms with Gasteiger partial charge >= 0.3 is 19.8 Å². The molecule has 95 heavy (non-hydrogen) atoms. The molecule has 0 fully saturated rings. The number of carbonyl (C=O) groups excluding carboxylic acids is 2. The number of ether oxygens (including phenoxy) is 2. The third-order valence-electron chi connectivity index (χ3n) is 18.9. The number of unbranched alkanes of at least 4 members (excludes halogenated alkanes) is 57. The Morgan fingerprint density at radius 2 is 0.579 bits per heavy atom. The van der Waals surface area contributed by atoms with E-state index in [1.165, 1.54) is 347 Å². The monoisotopic (exact) mass is 1350 g/mol. The molecule has 0 aromatic heterocycles. The van der Waals surface area contributed by atoms with Crippen molar-refractivity contribution in [3.8, 4) is 0 Å². The van der Waals surface area contributed by atoms with Crippen LogP contribution in [0.25, 0.3) is 0 Å². The fraction of sp³-hybridized carbons (Fsp3) is 0.859. The number of nitrogens with two attached hydrogens (primary N) is 1. The van der Waals surface area contributed by atoms with Crippen LogP contribution in [-0.4, -0.2) is 49.3 Å². The Balaban J connectivity index is 3.72. The van der Waals surface area contributed by atoms with Gasteiger partial charge in [-0.1, -0.05) is 408 Å². The Hall–Kier alpha value is -2.29. The topological polar surface area (TPSA) is 134 Å². The van der Waals surface area contributed by atoms with E-state index in [1.54, 1.807) is 0 Å². The van der Waals surface area contributed by atoms with Crippen molar-refractivity contribution in [3.63, 3.8) is 0 Å². The van der Waals surface area contributed by atoms with Crippen LogP contribution >= 0.6 is 7.82 Å². The van der Waals surface area contributed by atoms with E-state index in [4.69, 9.17) is 24.3 Å². The van der Waals surface area contributed by atoms with Crippen molar-refractivity contribution in [2.24, 2.45) is 5.73 Å². The van der Waals surface area contributed by atoms with Gasteiger partial charge in [-0.25, -0.2) is 4.57 Å². The van der Waals surface area contributed by atoms with Gasteiger partial charge in [0.25, 0.3) is 0 Å². The number of phosphoric acid groups is 1. The summed E-state index contributed by atoms with van der Waals surface area (Å²) in [6.07, 6.45) is 107. The maximum Gasteiger partial charge on any atom is 0.472 e. The van der Waals surface area contributed by atoms with E-state index < -0.39 is 26.5 Å². The lowest BCUT2D eigenvalue weighted by atomic mass is 10.0. The lowest BCUT2D eigenvalue weighted by molar-refractivity contribution is -0.161. The number of rotatable bonds is 80. The van der Waals surface area contributed by atoms with E-state index in [2.05, 4.69) is 74.6 Å². The van der Waals surface area contributed by atoms with Crippen LogP contribution in [0.2, 0.25) is 0 Å². The lowest BCUT2D eigenvalue weighted by Gasteiger charge is -2.19. The first kappa shape index (κ1) is 92.7. The Kier molecular flexibility index (Phi) is 78.7. The zero-order chi connectivity index (χ0) is 68.6. The number of carbonyl (C=O) groups is 2. The summed E-state index contributed by atoms with van der Waals surface area (Å²) in [5, 5.41) is 0. The van der Waals surface area contributed by atoms with Gasteiger partial charge in [0, 0.05) is 19.4 Å². The minimum absolute atomic E-state index is 0.0555. The zero-order valence-corrected chi connectivity index (χ0v) is 64.1. The van der Waals surface area contributed by atoms with Gasteiger partial charge < -0.3 is 20.1 Å². The molecule has 0 bridgehead atoms. The molecule has 0 aliphatic heterocycles. The highest BCUT2D eigenvalue weighted by molar-refractivity contribution is 7.47. The molecule has 0 heterocycles. The second kappa shape index (κ2) is 80.7. The Morgan fingerprint density at radius 1 is 0.326 bits per heavy atom. The molecule has 0 rings (SSSR count). The largest absolute Gasteiger partial charge is 0.472 e. The third-order valence-corrected chi connectivity index (χ3v) is 19.9. The lowest BCUT2D eigenvalue weighted by Crippen LogP contribution is -2.29. The van der Waals surface area contributed by atoms with Gasteiger partial charge in [-0.3, -0.25) is 18.6 Å². The fourth-order valence-corrected chi connectivity index (χ4v) is 13.5. The number of hydrogen-bond acceptors (Lipinski definition) is 8. The summed E-state index contributed by atoms with van der Waals surface area (Å²) in [7, 11) is -4.40. The average Bonchev–Trinajstić information content (AvgIpc) is 3.25. The van der Waals surface area contributed by atoms with E-state index in [0.717, 1.165) is 57.8 Å². The summed E-state index contributed by atoms with van der Waals surface area (Å²) in [5.41, 5.74) is 5.42. The van der Waals surface area contributed by atoms with E-state index in [9.17, 15) is 19.0 Å². The predicted molar refractivity (Wildman–Crippen MR) is 413 cm³/mol. The predicted octanol–water partition coefficient (Wildman–Crippen LogP) is 28.1. The molecule has 10 heteroatoms. The van der Waals surface area contributed by atoms with Gasteiger partial charge in [0.1, 0.15) is 6.61 Å². The van der Waals surface area contributed by atoms with Gasteiger partial charge in [0.2, 0.25) is 0 Å². The van der Waals surface area contributed by atoms with Gasteiger partial charge in [0.05, 0.1) is 13.2 Å². The summed E-state index contributed by atoms with van der Waals surface area (Å²) in [6.45, 7) is 3.71. The molecule has 0 amide bonds. The maximum absolute atomic E-state index is 12.8. The van der Waals surface area contributed by atoms with Crippen molar-refractivity contribution in [1.82, 2.24) is 0 Å². The Morgan fingerprint density at radius 3 is 0.874 bits per heavy atom. The molecule has 2 unspecified atom stereocenters. The molecule has 3 N–H and O–H groups in total. The average molecular weight is 1360 g/mol. The molecule has 0 aliphatic carbocycles. The molecule has 0 saturated heterocycles. The number of hydrogen-bond donors (Lipinski definition) is 2. The van der Waals surface area contributed by atoms with Crippen molar-refractivity contribution in [1.29, 1.82) is 0 Å². The molecular formula is C85H160NO8P. The minimum Gasteiger partial charge on any atom is -0.462 e. The summed E-state index contributed by atoms with van der Waals surface area (Å²) in [6, 6.07) is 0. The highest BCUT2D eigenvalue weighted by Gasteiger charge is 2.26. The van der Waals surface area contributed by atoms with E-state index >= 15 is 0 Å². The second-order valence-electron chi connectivity index (χ2n) is 28.3. The zero-order valence-electron chi connectivity index (χ0n) is 63.2. The quantitative estimate of drug-likeness (QED) is 0.0264. The van der Waals surface area contributed by atoms with Crippen LogP contribution in [0.1, 0.15) is 438 Å². The molecule has 0 radical (unpaired) electrons. The summed E-state index contributed by atoms with van der Waals surface area (Å²) < 4.78 is 33.3. The molecule has 0 aliphatic rings. The van der Waals surface area contributed by atoms with Crippen LogP contribution in [0, 0.1) is 0 Å². The van der Waals surface area contributed by atoms with Gasteiger partial charge in [0.15, 0.2) is 6.10 Å². The van der Waals surface area contributed by atoms with Gasteiger partial charge in [-0.15, -0.1) is 0 Å². The normalized spacial score (nSPS) is 13.1. The van der Waals surface area contributed by atoms with Crippen molar-refractivity contribution in [2.45, 2.75) is 444 Å². The Bertz CT molecular complexity index is 1750. The molecule has 2 atom stereocenters. The van der Waals surface area contributed by atoms with Crippen LogP contribution in [0.15, 0.2) is 60.8 Å². The van der Waals surface area contributed by atoms with Crippen molar-refractivity contribution < 1.29 is 37.6 Å².